The predicted octanol–water partition coefficient (Wildman–Crippen LogP) is 7.34. The van der Waals surface area contributed by atoms with E-state index in [1.165, 1.54) is 6.08 Å². The van der Waals surface area contributed by atoms with Crippen molar-refractivity contribution < 1.29 is 19.4 Å². The number of hydrogen-bond acceptors (Lipinski definition) is 5. The van der Waals surface area contributed by atoms with E-state index in [1.54, 1.807) is 42.5 Å². The fourth-order valence-electron chi connectivity index (χ4n) is 4.43. The number of hydrogen-bond donors (Lipinski definition) is 4. The van der Waals surface area contributed by atoms with Crippen molar-refractivity contribution in [1.29, 1.82) is 0 Å². The van der Waals surface area contributed by atoms with Gasteiger partial charge in [-0.15, -0.1) is 0 Å². The van der Waals surface area contributed by atoms with Gasteiger partial charge in [-0.2, -0.15) is 0 Å². The van der Waals surface area contributed by atoms with Gasteiger partial charge >= 0.3 is 6.09 Å². The summed E-state index contributed by atoms with van der Waals surface area (Å²) in [7, 11) is 0. The van der Waals surface area contributed by atoms with Crippen LogP contribution in [-0.2, 0) is 9.53 Å². The number of nitrogens with one attached hydrogen (secondary N) is 2. The zero-order valence-electron chi connectivity index (χ0n) is 22.1. The minimum atomic E-state index is -0.590. The maximum atomic E-state index is 12.9. The molecule has 2 atom stereocenters. The van der Waals surface area contributed by atoms with E-state index in [2.05, 4.69) is 10.6 Å². The molecule has 0 bridgehead atoms. The molecule has 0 fully saturated rings. The predicted molar refractivity (Wildman–Crippen MR) is 157 cm³/mol. The standard InChI is InChI=1S/C32H33N3O4/c1-21-15-17-23(18-16-21)34-32(38)39-31(26-19-20-29(36)25-11-5-4-10-24(25)26)22(2)9-3-8-14-30(37)35-28-13-7-6-12-27(28)33/h4-8,10-20,22,31,36H,3,9,33H2,1-2H3,(H,34,38)(H,35,37)/b14-8+/t22-,31-/m1/s1. The molecule has 2 amide bonds. The van der Waals surface area contributed by atoms with Crippen LogP contribution in [0.5, 0.6) is 5.75 Å². The number of rotatable bonds is 9. The number of aryl methyl sites for hydroxylation is 1. The van der Waals surface area contributed by atoms with Crippen molar-refractivity contribution in [2.75, 3.05) is 16.4 Å². The summed E-state index contributed by atoms with van der Waals surface area (Å²) in [6, 6.07) is 25.5. The van der Waals surface area contributed by atoms with Gasteiger partial charge in [0.05, 0.1) is 11.4 Å². The molecule has 0 aliphatic carbocycles. The van der Waals surface area contributed by atoms with Gasteiger partial charge in [-0.3, -0.25) is 10.1 Å². The lowest BCUT2D eigenvalue weighted by Gasteiger charge is -2.26. The molecule has 0 aromatic heterocycles. The molecule has 4 rings (SSSR count). The quantitative estimate of drug-likeness (QED) is 0.135. The number of allylic oxidation sites excluding steroid dienone is 1. The molecule has 5 N–H and O–H groups in total. The summed E-state index contributed by atoms with van der Waals surface area (Å²) < 4.78 is 6.00. The second-order valence-corrected chi connectivity index (χ2v) is 9.57. The van der Waals surface area contributed by atoms with Gasteiger partial charge in [0.25, 0.3) is 0 Å². The number of nitrogens with two attached hydrogens (primary N) is 1. The fraction of sp³-hybridized carbons (Fsp3) is 0.188. The molecule has 7 nitrogen and oxygen atoms in total. The van der Waals surface area contributed by atoms with Crippen molar-refractivity contribution >= 4 is 39.8 Å². The van der Waals surface area contributed by atoms with Crippen LogP contribution in [0.15, 0.2) is 97.1 Å². The van der Waals surface area contributed by atoms with Crippen LogP contribution in [0.2, 0.25) is 0 Å². The highest BCUT2D eigenvalue weighted by molar-refractivity contribution is 6.01. The van der Waals surface area contributed by atoms with Gasteiger partial charge in [0.15, 0.2) is 0 Å². The Labute approximate surface area is 228 Å². The first-order chi connectivity index (χ1) is 18.8. The van der Waals surface area contributed by atoms with Gasteiger partial charge in [-0.05, 0) is 67.5 Å². The number of phenols is 1. The van der Waals surface area contributed by atoms with Crippen LogP contribution in [0, 0.1) is 12.8 Å². The van der Waals surface area contributed by atoms with E-state index in [9.17, 15) is 14.7 Å². The Kier molecular flexibility index (Phi) is 8.84. The van der Waals surface area contributed by atoms with E-state index < -0.39 is 12.2 Å². The molecule has 7 heteroatoms. The van der Waals surface area contributed by atoms with Crippen LogP contribution in [-0.4, -0.2) is 17.1 Å². The molecule has 4 aromatic carbocycles. The lowest BCUT2D eigenvalue weighted by atomic mass is 9.89. The molecule has 0 spiro atoms. The van der Waals surface area contributed by atoms with E-state index >= 15 is 0 Å². The van der Waals surface area contributed by atoms with E-state index in [1.807, 2.05) is 62.4 Å². The molecule has 200 valence electrons. The lowest BCUT2D eigenvalue weighted by Crippen LogP contribution is -2.22. The topological polar surface area (TPSA) is 114 Å². The Balaban J connectivity index is 1.48. The van der Waals surface area contributed by atoms with Gasteiger partial charge < -0.3 is 20.9 Å². The maximum absolute atomic E-state index is 12.9. The second-order valence-electron chi connectivity index (χ2n) is 9.57. The summed E-state index contributed by atoms with van der Waals surface area (Å²) in [6.45, 7) is 3.98. The van der Waals surface area contributed by atoms with Crippen LogP contribution >= 0.6 is 0 Å². The number of carbonyl (C=O) groups is 2. The van der Waals surface area contributed by atoms with E-state index in [0.29, 0.717) is 35.3 Å². The summed E-state index contributed by atoms with van der Waals surface area (Å²) in [5.41, 5.74) is 9.48. The lowest BCUT2D eigenvalue weighted by molar-refractivity contribution is -0.111. The summed E-state index contributed by atoms with van der Waals surface area (Å²) in [5, 5.41) is 17.5. The third-order valence-corrected chi connectivity index (χ3v) is 6.57. The SMILES string of the molecule is Cc1ccc(NC(=O)O[C@@H](c2ccc(O)c3ccccc23)[C@H](C)CC/C=C/C(=O)Nc2ccccc2N)cc1. The van der Waals surface area contributed by atoms with E-state index in [0.717, 1.165) is 16.5 Å². The largest absolute Gasteiger partial charge is 0.507 e. The number of amides is 2. The number of benzene rings is 4. The molecule has 39 heavy (non-hydrogen) atoms. The number of phenolic OH excluding ortho intramolecular Hbond substituents is 1. The number of anilines is 3. The Hall–Kier alpha value is -4.78. The zero-order chi connectivity index (χ0) is 27.8. The van der Waals surface area contributed by atoms with Crippen LogP contribution < -0.4 is 16.4 Å². The Morgan fingerprint density at radius 2 is 1.62 bits per heavy atom. The number of aromatic hydroxyl groups is 1. The number of para-hydroxylation sites is 2. The molecular formula is C32H33N3O4. The first-order valence-corrected chi connectivity index (χ1v) is 12.9. The van der Waals surface area contributed by atoms with Crippen molar-refractivity contribution in [3.8, 4) is 5.75 Å². The van der Waals surface area contributed by atoms with Crippen molar-refractivity contribution in [3.05, 3.63) is 108 Å². The Morgan fingerprint density at radius 1 is 0.923 bits per heavy atom. The summed E-state index contributed by atoms with van der Waals surface area (Å²) in [4.78, 5) is 25.3. The highest BCUT2D eigenvalue weighted by atomic mass is 16.6. The average molecular weight is 524 g/mol. The average Bonchev–Trinajstić information content (AvgIpc) is 2.93. The van der Waals surface area contributed by atoms with Gasteiger partial charge in [-0.1, -0.05) is 73.2 Å². The zero-order valence-corrected chi connectivity index (χ0v) is 22.1. The Bertz CT molecular complexity index is 1480. The highest BCUT2D eigenvalue weighted by Gasteiger charge is 2.26. The molecule has 0 saturated carbocycles. The smallest absolute Gasteiger partial charge is 0.412 e. The summed E-state index contributed by atoms with van der Waals surface area (Å²) in [6.07, 6.45) is 3.36. The summed E-state index contributed by atoms with van der Waals surface area (Å²) >= 11 is 0. The molecule has 0 aliphatic rings. The van der Waals surface area contributed by atoms with E-state index in [4.69, 9.17) is 10.5 Å². The molecule has 0 unspecified atom stereocenters. The van der Waals surface area contributed by atoms with E-state index in [-0.39, 0.29) is 17.6 Å². The first kappa shape index (κ1) is 27.3. The molecule has 4 aromatic rings. The highest BCUT2D eigenvalue weighted by Crippen LogP contribution is 2.37. The number of carbonyl (C=O) groups excluding carboxylic acids is 2. The Morgan fingerprint density at radius 3 is 2.36 bits per heavy atom. The van der Waals surface area contributed by atoms with Crippen LogP contribution in [0.1, 0.15) is 37.0 Å². The molecular weight excluding hydrogens is 490 g/mol. The summed E-state index contributed by atoms with van der Waals surface area (Å²) in [5.74, 6) is -0.201. The number of ether oxygens (including phenoxy) is 1. The van der Waals surface area contributed by atoms with Crippen LogP contribution in [0.4, 0.5) is 21.9 Å². The minimum absolute atomic E-state index is 0.0980. The van der Waals surface area contributed by atoms with Crippen molar-refractivity contribution in [3.63, 3.8) is 0 Å². The van der Waals surface area contributed by atoms with Gasteiger partial charge in [0.2, 0.25) is 5.91 Å². The van der Waals surface area contributed by atoms with Gasteiger partial charge in [0.1, 0.15) is 11.9 Å². The third kappa shape index (κ3) is 7.17. The normalized spacial score (nSPS) is 12.7. The van der Waals surface area contributed by atoms with Gasteiger partial charge in [-0.25, -0.2) is 4.79 Å². The van der Waals surface area contributed by atoms with Crippen LogP contribution in [0.3, 0.4) is 0 Å². The first-order valence-electron chi connectivity index (χ1n) is 12.9. The number of fused-ring (bicyclic) bond motifs is 1. The maximum Gasteiger partial charge on any atom is 0.412 e. The second kappa shape index (κ2) is 12.6. The van der Waals surface area contributed by atoms with Crippen LogP contribution in [0.25, 0.3) is 10.8 Å². The number of nitrogen functional groups attached to an aromatic ring is 1. The molecule has 0 saturated heterocycles. The minimum Gasteiger partial charge on any atom is -0.507 e. The molecule has 0 heterocycles. The monoisotopic (exact) mass is 523 g/mol. The van der Waals surface area contributed by atoms with Gasteiger partial charge in [0, 0.05) is 16.6 Å². The van der Waals surface area contributed by atoms with Crippen molar-refractivity contribution in [2.45, 2.75) is 32.8 Å². The molecule has 0 radical (unpaired) electrons. The fourth-order valence-corrected chi connectivity index (χ4v) is 4.43. The van der Waals surface area contributed by atoms with Crippen molar-refractivity contribution in [2.24, 2.45) is 5.92 Å². The third-order valence-electron chi connectivity index (χ3n) is 6.57. The van der Waals surface area contributed by atoms with Crippen molar-refractivity contribution in [1.82, 2.24) is 0 Å². The molecule has 0 aliphatic heterocycles.